The fourth-order valence-corrected chi connectivity index (χ4v) is 2.55. The van der Waals surface area contributed by atoms with Gasteiger partial charge in [0.2, 0.25) is 0 Å². The molecular formula is C14H23N. The molecule has 1 heterocycles. The molecule has 1 saturated heterocycles. The maximum atomic E-state index is 2.65. The topological polar surface area (TPSA) is 3.24 Å². The summed E-state index contributed by atoms with van der Waals surface area (Å²) in [5.41, 5.74) is 1.63. The highest BCUT2D eigenvalue weighted by atomic mass is 15.1. The zero-order chi connectivity index (χ0) is 10.5. The average molecular weight is 205 g/mol. The van der Waals surface area contributed by atoms with Gasteiger partial charge < -0.3 is 0 Å². The van der Waals surface area contributed by atoms with Crippen LogP contribution in [0.25, 0.3) is 0 Å². The van der Waals surface area contributed by atoms with Gasteiger partial charge in [0, 0.05) is 6.54 Å². The fraction of sp³-hybridized carbons (Fsp3) is 0.714. The minimum atomic E-state index is 0.940. The second-order valence-electron chi connectivity index (χ2n) is 5.10. The van der Waals surface area contributed by atoms with Crippen LogP contribution in [0, 0.1) is 5.92 Å². The van der Waals surface area contributed by atoms with Gasteiger partial charge in [0.25, 0.3) is 0 Å². The predicted octanol–water partition coefficient (Wildman–Crippen LogP) is 3.38. The molecule has 1 unspecified atom stereocenters. The Labute approximate surface area is 93.9 Å². The third-order valence-corrected chi connectivity index (χ3v) is 3.64. The summed E-state index contributed by atoms with van der Waals surface area (Å²) in [6.45, 7) is 6.23. The monoisotopic (exact) mass is 205 g/mol. The molecule has 15 heavy (non-hydrogen) atoms. The van der Waals surface area contributed by atoms with Crippen LogP contribution >= 0.6 is 0 Å². The molecule has 0 aromatic heterocycles. The van der Waals surface area contributed by atoms with Crippen LogP contribution in [0.5, 0.6) is 0 Å². The van der Waals surface area contributed by atoms with Crippen molar-refractivity contribution in [3.63, 3.8) is 0 Å². The van der Waals surface area contributed by atoms with Crippen molar-refractivity contribution >= 4 is 0 Å². The predicted molar refractivity (Wildman–Crippen MR) is 65.9 cm³/mol. The summed E-state index contributed by atoms with van der Waals surface area (Å²) in [6, 6.07) is 0. The Kier molecular flexibility index (Phi) is 4.01. The van der Waals surface area contributed by atoms with E-state index in [2.05, 4.69) is 30.1 Å². The smallest absolute Gasteiger partial charge is 0.0196 e. The highest BCUT2D eigenvalue weighted by Crippen LogP contribution is 2.19. The highest BCUT2D eigenvalue weighted by molar-refractivity contribution is 5.18. The number of allylic oxidation sites excluding steroid dienone is 3. The lowest BCUT2D eigenvalue weighted by molar-refractivity contribution is 0.302. The molecule has 0 aromatic carbocycles. The van der Waals surface area contributed by atoms with E-state index in [1.165, 1.54) is 51.7 Å². The molecule has 0 N–H and O–H groups in total. The zero-order valence-electron chi connectivity index (χ0n) is 9.91. The molecule has 2 aliphatic rings. The first-order valence-electron chi connectivity index (χ1n) is 6.41. The van der Waals surface area contributed by atoms with Crippen LogP contribution in [0.3, 0.4) is 0 Å². The maximum absolute atomic E-state index is 2.65. The van der Waals surface area contributed by atoms with E-state index in [-0.39, 0.29) is 0 Å². The molecule has 1 atom stereocenters. The maximum Gasteiger partial charge on any atom is 0.0196 e. The normalized spacial score (nSPS) is 28.6. The molecule has 84 valence electrons. The minimum absolute atomic E-state index is 0.940. The summed E-state index contributed by atoms with van der Waals surface area (Å²) < 4.78 is 0. The molecule has 1 aliphatic carbocycles. The molecule has 0 aromatic rings. The standard InChI is InChI=1S/C14H23N/c1-13-6-5-10-15(11-9-13)12-14-7-3-2-4-8-14/h2-3,7,13H,4-6,8-12H2,1H3. The third-order valence-electron chi connectivity index (χ3n) is 3.64. The lowest BCUT2D eigenvalue weighted by Crippen LogP contribution is -2.27. The Morgan fingerprint density at radius 2 is 2.27 bits per heavy atom. The van der Waals surface area contributed by atoms with Gasteiger partial charge in [0.15, 0.2) is 0 Å². The van der Waals surface area contributed by atoms with Gasteiger partial charge in [-0.1, -0.05) is 30.7 Å². The molecule has 1 aliphatic heterocycles. The van der Waals surface area contributed by atoms with Crippen LogP contribution in [0.15, 0.2) is 23.8 Å². The van der Waals surface area contributed by atoms with E-state index in [1.54, 1.807) is 5.57 Å². The van der Waals surface area contributed by atoms with Crippen molar-refractivity contribution in [3.8, 4) is 0 Å². The molecule has 0 bridgehead atoms. The second-order valence-corrected chi connectivity index (χ2v) is 5.10. The lowest BCUT2D eigenvalue weighted by atomic mass is 10.0. The SMILES string of the molecule is CC1CCCN(CC2=CC=CCC2)CC1. The summed E-state index contributed by atoms with van der Waals surface area (Å²) in [7, 11) is 0. The molecule has 1 nitrogen and oxygen atoms in total. The molecular weight excluding hydrogens is 182 g/mol. The Hall–Kier alpha value is -0.560. The van der Waals surface area contributed by atoms with Crippen LogP contribution in [0.2, 0.25) is 0 Å². The van der Waals surface area contributed by atoms with Crippen LogP contribution in [0.1, 0.15) is 39.0 Å². The summed E-state index contributed by atoms with van der Waals surface area (Å²) in [6.07, 6.45) is 13.5. The van der Waals surface area contributed by atoms with Crippen molar-refractivity contribution < 1.29 is 0 Å². The van der Waals surface area contributed by atoms with Crippen LogP contribution < -0.4 is 0 Å². The fourth-order valence-electron chi connectivity index (χ4n) is 2.55. The van der Waals surface area contributed by atoms with Crippen molar-refractivity contribution in [2.24, 2.45) is 5.92 Å². The summed E-state index contributed by atoms with van der Waals surface area (Å²) in [4.78, 5) is 2.65. The number of rotatable bonds is 2. The lowest BCUT2D eigenvalue weighted by Gasteiger charge is -2.22. The van der Waals surface area contributed by atoms with E-state index < -0.39 is 0 Å². The highest BCUT2D eigenvalue weighted by Gasteiger charge is 2.14. The van der Waals surface area contributed by atoms with Crippen LogP contribution in [-0.2, 0) is 0 Å². The quantitative estimate of drug-likeness (QED) is 0.668. The van der Waals surface area contributed by atoms with E-state index in [4.69, 9.17) is 0 Å². The number of likely N-dealkylation sites (tertiary alicyclic amines) is 1. The van der Waals surface area contributed by atoms with Crippen molar-refractivity contribution in [3.05, 3.63) is 23.8 Å². The van der Waals surface area contributed by atoms with Gasteiger partial charge >= 0.3 is 0 Å². The molecule has 0 saturated carbocycles. The molecule has 1 heteroatoms. The van der Waals surface area contributed by atoms with Crippen LogP contribution in [0.4, 0.5) is 0 Å². The number of hydrogen-bond donors (Lipinski definition) is 0. The van der Waals surface area contributed by atoms with Gasteiger partial charge in [0.05, 0.1) is 0 Å². The van der Waals surface area contributed by atoms with Gasteiger partial charge in [0.1, 0.15) is 0 Å². The average Bonchev–Trinajstić information content (AvgIpc) is 2.46. The van der Waals surface area contributed by atoms with E-state index >= 15 is 0 Å². The number of hydrogen-bond acceptors (Lipinski definition) is 1. The van der Waals surface area contributed by atoms with Crippen molar-refractivity contribution in [1.29, 1.82) is 0 Å². The van der Waals surface area contributed by atoms with E-state index in [0.29, 0.717) is 0 Å². The van der Waals surface area contributed by atoms with Crippen molar-refractivity contribution in [2.45, 2.75) is 39.0 Å². The third kappa shape index (κ3) is 3.49. The number of nitrogens with zero attached hydrogens (tertiary/aromatic N) is 1. The zero-order valence-corrected chi connectivity index (χ0v) is 9.91. The van der Waals surface area contributed by atoms with Gasteiger partial charge in [-0.05, 0) is 51.1 Å². The summed E-state index contributed by atoms with van der Waals surface area (Å²) >= 11 is 0. The van der Waals surface area contributed by atoms with Crippen molar-refractivity contribution in [1.82, 2.24) is 4.90 Å². The first-order chi connectivity index (χ1) is 7.34. The molecule has 0 amide bonds. The Morgan fingerprint density at radius 1 is 1.33 bits per heavy atom. The Morgan fingerprint density at radius 3 is 3.07 bits per heavy atom. The van der Waals surface area contributed by atoms with E-state index in [0.717, 1.165) is 5.92 Å². The van der Waals surface area contributed by atoms with Gasteiger partial charge in [-0.25, -0.2) is 0 Å². The van der Waals surface area contributed by atoms with E-state index in [9.17, 15) is 0 Å². The molecule has 2 rings (SSSR count). The Bertz CT molecular complexity index is 252. The van der Waals surface area contributed by atoms with Crippen molar-refractivity contribution in [2.75, 3.05) is 19.6 Å². The molecule has 0 spiro atoms. The summed E-state index contributed by atoms with van der Waals surface area (Å²) in [5.74, 6) is 0.940. The van der Waals surface area contributed by atoms with Gasteiger partial charge in [-0.3, -0.25) is 4.90 Å². The second kappa shape index (κ2) is 5.50. The summed E-state index contributed by atoms with van der Waals surface area (Å²) in [5, 5.41) is 0. The van der Waals surface area contributed by atoms with Gasteiger partial charge in [-0.15, -0.1) is 0 Å². The largest absolute Gasteiger partial charge is 0.299 e. The van der Waals surface area contributed by atoms with Gasteiger partial charge in [-0.2, -0.15) is 0 Å². The minimum Gasteiger partial charge on any atom is -0.299 e. The van der Waals surface area contributed by atoms with E-state index in [1.807, 2.05) is 0 Å². The first kappa shape index (κ1) is 10.9. The van der Waals surface area contributed by atoms with Crippen LogP contribution in [-0.4, -0.2) is 24.5 Å². The molecule has 0 radical (unpaired) electrons. The Balaban J connectivity index is 1.83. The first-order valence-corrected chi connectivity index (χ1v) is 6.41. The molecule has 1 fully saturated rings.